The maximum Gasteiger partial charge on any atom is 2.00 e. The molecule has 0 rings (SSSR count). The fourth-order valence-electron chi connectivity index (χ4n) is 1.06. The molecule has 0 aromatic heterocycles. The molecule has 0 saturated heterocycles. The van der Waals surface area contributed by atoms with E-state index in [1.807, 2.05) is 13.8 Å². The van der Waals surface area contributed by atoms with Gasteiger partial charge in [0.15, 0.2) is 0 Å². The number of rotatable bonds is 8. The van der Waals surface area contributed by atoms with Crippen LogP contribution < -0.4 is 10.2 Å². The number of hydrogen-bond donors (Lipinski definition) is 0. The SMILES string of the molecule is CCCC(=O)CC(=O)[O-].CCCC(=O)CC(=O)[O-].[Pd+2]. The first-order chi connectivity index (χ1) is 8.33. The Hall–Kier alpha value is -1.06. The molecule has 0 bridgehead atoms. The summed E-state index contributed by atoms with van der Waals surface area (Å²) >= 11 is 0. The van der Waals surface area contributed by atoms with E-state index >= 15 is 0 Å². The molecule has 0 aliphatic rings. The van der Waals surface area contributed by atoms with E-state index in [1.54, 1.807) is 0 Å². The Morgan fingerprint density at radius 3 is 1.16 bits per heavy atom. The Bertz CT molecular complexity index is 271. The molecule has 7 heteroatoms. The minimum absolute atomic E-state index is 0. The second kappa shape index (κ2) is 15.0. The van der Waals surface area contributed by atoms with Crippen LogP contribution in [-0.4, -0.2) is 23.5 Å². The van der Waals surface area contributed by atoms with Gasteiger partial charge in [0.1, 0.15) is 11.6 Å². The van der Waals surface area contributed by atoms with Crippen molar-refractivity contribution in [3.8, 4) is 0 Å². The predicted molar refractivity (Wildman–Crippen MR) is 59.1 cm³/mol. The molecular weight excluding hydrogens is 347 g/mol. The van der Waals surface area contributed by atoms with Gasteiger partial charge in [-0.2, -0.15) is 0 Å². The number of carboxylic acids is 2. The summed E-state index contributed by atoms with van der Waals surface area (Å²) in [5.41, 5.74) is 0. The minimum Gasteiger partial charge on any atom is -0.550 e. The zero-order valence-corrected chi connectivity index (χ0v) is 12.6. The summed E-state index contributed by atoms with van der Waals surface area (Å²) in [6.45, 7) is 3.65. The van der Waals surface area contributed by atoms with Crippen LogP contribution in [0.2, 0.25) is 0 Å². The first kappa shape index (κ1) is 23.1. The fraction of sp³-hybridized carbons (Fsp3) is 0.667. The van der Waals surface area contributed by atoms with Gasteiger partial charge in [0.05, 0.1) is 0 Å². The molecule has 0 spiro atoms. The Labute approximate surface area is 126 Å². The van der Waals surface area contributed by atoms with Crippen LogP contribution in [0.3, 0.4) is 0 Å². The van der Waals surface area contributed by atoms with Gasteiger partial charge in [-0.3, -0.25) is 9.59 Å². The van der Waals surface area contributed by atoms with Crippen LogP contribution in [0.25, 0.3) is 0 Å². The summed E-state index contributed by atoms with van der Waals surface area (Å²) in [5, 5.41) is 19.5. The zero-order chi connectivity index (χ0) is 14.6. The Morgan fingerprint density at radius 2 is 1.00 bits per heavy atom. The van der Waals surface area contributed by atoms with Crippen molar-refractivity contribution in [3.05, 3.63) is 0 Å². The molecule has 112 valence electrons. The summed E-state index contributed by atoms with van der Waals surface area (Å²) in [6.07, 6.45) is 1.21. The normalized spacial score (nSPS) is 8.53. The van der Waals surface area contributed by atoms with Gasteiger partial charge < -0.3 is 19.8 Å². The van der Waals surface area contributed by atoms with Gasteiger partial charge in [-0.05, 0) is 12.8 Å². The van der Waals surface area contributed by atoms with Crippen LogP contribution in [0, 0.1) is 0 Å². The Morgan fingerprint density at radius 1 is 0.737 bits per heavy atom. The van der Waals surface area contributed by atoms with Crippen molar-refractivity contribution in [2.75, 3.05) is 0 Å². The topological polar surface area (TPSA) is 114 Å². The standard InChI is InChI=1S/2C6H10O3.Pd/c2*1-2-3-5(7)4-6(8)9;/h2*2-4H2,1H3,(H,8,9);/q;;+2/p-2. The van der Waals surface area contributed by atoms with Crippen molar-refractivity contribution in [3.63, 3.8) is 0 Å². The van der Waals surface area contributed by atoms with Crippen molar-refractivity contribution in [2.24, 2.45) is 0 Å². The fourth-order valence-corrected chi connectivity index (χ4v) is 1.06. The van der Waals surface area contributed by atoms with Gasteiger partial charge in [0.25, 0.3) is 0 Å². The second-order valence-corrected chi connectivity index (χ2v) is 3.67. The van der Waals surface area contributed by atoms with E-state index in [9.17, 15) is 29.4 Å². The second-order valence-electron chi connectivity index (χ2n) is 3.67. The van der Waals surface area contributed by atoms with Gasteiger partial charge >= 0.3 is 20.4 Å². The van der Waals surface area contributed by atoms with Crippen LogP contribution >= 0.6 is 0 Å². The monoisotopic (exact) mass is 364 g/mol. The van der Waals surface area contributed by atoms with Crippen LogP contribution in [-0.2, 0) is 39.6 Å². The van der Waals surface area contributed by atoms with Crippen molar-refractivity contribution in [1.29, 1.82) is 0 Å². The van der Waals surface area contributed by atoms with Crippen LogP contribution in [0.4, 0.5) is 0 Å². The van der Waals surface area contributed by atoms with Gasteiger partial charge in [0.2, 0.25) is 0 Å². The van der Waals surface area contributed by atoms with E-state index in [0.29, 0.717) is 25.7 Å². The van der Waals surface area contributed by atoms with Gasteiger partial charge in [-0.15, -0.1) is 0 Å². The van der Waals surface area contributed by atoms with E-state index in [1.165, 1.54) is 0 Å². The molecule has 0 heterocycles. The number of carbonyl (C=O) groups excluding carboxylic acids is 4. The summed E-state index contributed by atoms with van der Waals surface area (Å²) in [5.74, 6) is -3.07. The number of hydrogen-bond acceptors (Lipinski definition) is 6. The van der Waals surface area contributed by atoms with Gasteiger partial charge in [0, 0.05) is 37.6 Å². The maximum atomic E-state index is 10.4. The first-order valence-electron chi connectivity index (χ1n) is 5.76. The van der Waals surface area contributed by atoms with E-state index in [0.717, 1.165) is 0 Å². The number of aliphatic carboxylic acids is 2. The molecule has 0 aromatic rings. The summed E-state index contributed by atoms with van der Waals surface area (Å²) in [4.78, 5) is 40.4. The van der Waals surface area contributed by atoms with E-state index in [2.05, 4.69) is 0 Å². The average molecular weight is 365 g/mol. The third-order valence-corrected chi connectivity index (χ3v) is 1.74. The molecule has 0 fully saturated rings. The predicted octanol–water partition coefficient (Wildman–Crippen LogP) is -1.01. The summed E-state index contributed by atoms with van der Waals surface area (Å²) < 4.78 is 0. The minimum atomic E-state index is -1.28. The largest absolute Gasteiger partial charge is 2.00 e. The maximum absolute atomic E-state index is 10.4. The van der Waals surface area contributed by atoms with Crippen LogP contribution in [0.15, 0.2) is 0 Å². The molecular formula is C12H18O6Pd. The number of ketones is 2. The number of carboxylic acid groups (broad SMARTS) is 2. The molecule has 0 N–H and O–H groups in total. The average Bonchev–Trinajstić information content (AvgIpc) is 2.16. The smallest absolute Gasteiger partial charge is 0.550 e. The van der Waals surface area contributed by atoms with E-state index in [4.69, 9.17) is 0 Å². The Balaban J connectivity index is -0.000000256. The van der Waals surface area contributed by atoms with Crippen molar-refractivity contribution in [1.82, 2.24) is 0 Å². The van der Waals surface area contributed by atoms with Crippen LogP contribution in [0.1, 0.15) is 52.4 Å². The summed E-state index contributed by atoms with van der Waals surface area (Å²) in [7, 11) is 0. The van der Waals surface area contributed by atoms with Crippen LogP contribution in [0.5, 0.6) is 0 Å². The third-order valence-electron chi connectivity index (χ3n) is 1.74. The Kier molecular flexibility index (Phi) is 18.2. The summed E-state index contributed by atoms with van der Waals surface area (Å²) in [6, 6.07) is 0. The quantitative estimate of drug-likeness (QED) is 0.402. The van der Waals surface area contributed by atoms with E-state index in [-0.39, 0.29) is 32.0 Å². The molecule has 0 aliphatic heterocycles. The molecule has 0 atom stereocenters. The zero-order valence-electron chi connectivity index (χ0n) is 11.0. The van der Waals surface area contributed by atoms with E-state index < -0.39 is 24.8 Å². The molecule has 0 aliphatic carbocycles. The van der Waals surface area contributed by atoms with Crippen molar-refractivity contribution < 1.29 is 49.8 Å². The molecule has 0 saturated carbocycles. The van der Waals surface area contributed by atoms with Gasteiger partial charge in [-0.1, -0.05) is 13.8 Å². The third kappa shape index (κ3) is 22.6. The number of Topliss-reactive ketones (excluding diaryl/α,β-unsaturated/α-hetero) is 2. The molecule has 0 radical (unpaired) electrons. The first-order valence-corrected chi connectivity index (χ1v) is 5.76. The van der Waals surface area contributed by atoms with Crippen molar-refractivity contribution >= 4 is 23.5 Å². The molecule has 0 unspecified atom stereocenters. The van der Waals surface area contributed by atoms with Gasteiger partial charge in [-0.25, -0.2) is 0 Å². The molecule has 19 heavy (non-hydrogen) atoms. The van der Waals surface area contributed by atoms with Crippen molar-refractivity contribution in [2.45, 2.75) is 52.4 Å². The molecule has 0 aromatic carbocycles. The number of carbonyl (C=O) groups is 4. The molecule has 0 amide bonds. The molecule has 6 nitrogen and oxygen atoms in total.